The molecule has 0 spiro atoms. The zero-order valence-corrected chi connectivity index (χ0v) is 10.4. The Labute approximate surface area is 114 Å². The number of ether oxygens (including phenoxy) is 1. The van der Waals surface area contributed by atoms with Gasteiger partial charge in [0, 0.05) is 12.3 Å². The van der Waals surface area contributed by atoms with E-state index in [1.54, 1.807) is 12.1 Å². The monoisotopic (exact) mass is 274 g/mol. The molecular formula is C14H11FN2O3. The smallest absolute Gasteiger partial charge is 0.235 e. The van der Waals surface area contributed by atoms with E-state index in [9.17, 15) is 14.5 Å². The van der Waals surface area contributed by atoms with Crippen molar-refractivity contribution in [1.29, 1.82) is 0 Å². The molecule has 2 aromatic rings. The van der Waals surface area contributed by atoms with Gasteiger partial charge in [-0.1, -0.05) is 6.07 Å². The van der Waals surface area contributed by atoms with Crippen LogP contribution in [0.2, 0.25) is 0 Å². The van der Waals surface area contributed by atoms with Gasteiger partial charge in [0.2, 0.25) is 6.20 Å². The molecule has 0 saturated heterocycles. The van der Waals surface area contributed by atoms with Crippen molar-refractivity contribution in [3.05, 3.63) is 76.0 Å². The number of benzene rings is 1. The summed E-state index contributed by atoms with van der Waals surface area (Å²) in [5.41, 5.74) is 1.31. The number of hydrogen-bond donors (Lipinski definition) is 0. The molecule has 1 aromatic carbocycles. The maximum atomic E-state index is 12.7. The molecule has 0 aliphatic heterocycles. The topological polar surface area (TPSA) is 65.3 Å². The van der Waals surface area contributed by atoms with Gasteiger partial charge in [0.15, 0.2) is 0 Å². The normalized spacial score (nSPS) is 10.7. The van der Waals surface area contributed by atoms with Crippen LogP contribution in [0.4, 0.5) is 4.39 Å². The Balaban J connectivity index is 1.93. The van der Waals surface area contributed by atoms with Crippen molar-refractivity contribution in [3.8, 4) is 5.75 Å². The summed E-state index contributed by atoms with van der Waals surface area (Å²) >= 11 is 0. The van der Waals surface area contributed by atoms with E-state index in [-0.39, 0.29) is 12.4 Å². The summed E-state index contributed by atoms with van der Waals surface area (Å²) in [6.45, 7) is 0.241. The van der Waals surface area contributed by atoms with Gasteiger partial charge in [0.1, 0.15) is 18.2 Å². The van der Waals surface area contributed by atoms with Crippen molar-refractivity contribution in [3.63, 3.8) is 0 Å². The van der Waals surface area contributed by atoms with Gasteiger partial charge in [-0.25, -0.2) is 4.39 Å². The van der Waals surface area contributed by atoms with Crippen molar-refractivity contribution in [2.24, 2.45) is 0 Å². The summed E-state index contributed by atoms with van der Waals surface area (Å²) in [6, 6.07) is 9.11. The first-order valence-electron chi connectivity index (χ1n) is 5.78. The second-order valence-corrected chi connectivity index (χ2v) is 3.93. The predicted molar refractivity (Wildman–Crippen MR) is 71.0 cm³/mol. The van der Waals surface area contributed by atoms with E-state index >= 15 is 0 Å². The minimum Gasteiger partial charge on any atom is -0.487 e. The summed E-state index contributed by atoms with van der Waals surface area (Å²) < 4.78 is 18.1. The third kappa shape index (κ3) is 4.16. The van der Waals surface area contributed by atoms with Crippen LogP contribution in [0.1, 0.15) is 11.3 Å². The van der Waals surface area contributed by atoms with E-state index in [2.05, 4.69) is 4.98 Å². The predicted octanol–water partition coefficient (Wildman–Crippen LogP) is 3.05. The van der Waals surface area contributed by atoms with E-state index < -0.39 is 4.92 Å². The van der Waals surface area contributed by atoms with E-state index in [4.69, 9.17) is 4.74 Å². The van der Waals surface area contributed by atoms with Gasteiger partial charge >= 0.3 is 0 Å². The van der Waals surface area contributed by atoms with Gasteiger partial charge < -0.3 is 4.74 Å². The van der Waals surface area contributed by atoms with Crippen molar-refractivity contribution in [1.82, 2.24) is 4.98 Å². The molecule has 0 fully saturated rings. The molecule has 0 unspecified atom stereocenters. The molecule has 0 N–H and O–H groups in total. The summed E-state index contributed by atoms with van der Waals surface area (Å²) in [5, 5.41) is 10.2. The average molecular weight is 274 g/mol. The fraction of sp³-hybridized carbons (Fsp3) is 0.0714. The van der Waals surface area contributed by atoms with Gasteiger partial charge in [0.05, 0.1) is 10.6 Å². The Morgan fingerprint density at radius 3 is 2.60 bits per heavy atom. The lowest BCUT2D eigenvalue weighted by Gasteiger charge is -2.05. The molecule has 0 bridgehead atoms. The zero-order chi connectivity index (χ0) is 14.4. The first-order chi connectivity index (χ1) is 9.63. The molecule has 20 heavy (non-hydrogen) atoms. The van der Waals surface area contributed by atoms with E-state index in [0.717, 1.165) is 6.20 Å². The number of nitro groups is 1. The standard InChI is InChI=1S/C14H11FN2O3/c15-12-2-5-14(6-3-12)20-10-13-4-1-11(9-16-13)7-8-17(18)19/h1-9H,10H2/b8-7+. The third-order valence-electron chi connectivity index (χ3n) is 2.44. The molecule has 102 valence electrons. The van der Waals surface area contributed by atoms with Gasteiger partial charge in [-0.3, -0.25) is 15.1 Å². The first-order valence-corrected chi connectivity index (χ1v) is 5.78. The van der Waals surface area contributed by atoms with Crippen LogP contribution < -0.4 is 4.74 Å². The highest BCUT2D eigenvalue weighted by atomic mass is 19.1. The van der Waals surface area contributed by atoms with Crippen molar-refractivity contribution >= 4 is 6.08 Å². The molecule has 0 aliphatic rings. The zero-order valence-electron chi connectivity index (χ0n) is 10.4. The lowest BCUT2D eigenvalue weighted by atomic mass is 10.2. The fourth-order valence-electron chi connectivity index (χ4n) is 1.45. The summed E-state index contributed by atoms with van der Waals surface area (Å²) in [6.07, 6.45) is 3.73. The number of halogens is 1. The molecule has 1 heterocycles. The largest absolute Gasteiger partial charge is 0.487 e. The Kier molecular flexibility index (Phi) is 4.39. The Bertz CT molecular complexity index is 609. The second-order valence-electron chi connectivity index (χ2n) is 3.93. The lowest BCUT2D eigenvalue weighted by molar-refractivity contribution is -0.400. The minimum atomic E-state index is -0.536. The quantitative estimate of drug-likeness (QED) is 0.621. The van der Waals surface area contributed by atoms with Crippen molar-refractivity contribution < 1.29 is 14.1 Å². The van der Waals surface area contributed by atoms with Crippen LogP contribution in [0.25, 0.3) is 6.08 Å². The first kappa shape index (κ1) is 13.7. The summed E-state index contributed by atoms with van der Waals surface area (Å²) in [7, 11) is 0. The van der Waals surface area contributed by atoms with Crippen molar-refractivity contribution in [2.45, 2.75) is 6.61 Å². The summed E-state index contributed by atoms with van der Waals surface area (Å²) in [5.74, 6) is 0.225. The molecular weight excluding hydrogens is 263 g/mol. The molecule has 0 radical (unpaired) electrons. The van der Waals surface area contributed by atoms with Crippen LogP contribution in [-0.4, -0.2) is 9.91 Å². The van der Waals surface area contributed by atoms with E-state index in [0.29, 0.717) is 17.0 Å². The lowest BCUT2D eigenvalue weighted by Crippen LogP contribution is -1.98. The highest BCUT2D eigenvalue weighted by Gasteiger charge is 1.98. The molecule has 0 amide bonds. The van der Waals surface area contributed by atoms with E-state index in [1.807, 2.05) is 0 Å². The number of hydrogen-bond acceptors (Lipinski definition) is 4. The maximum Gasteiger partial charge on any atom is 0.235 e. The molecule has 0 aliphatic carbocycles. The molecule has 1 aromatic heterocycles. The highest BCUT2D eigenvalue weighted by molar-refractivity contribution is 5.46. The molecule has 0 atom stereocenters. The Morgan fingerprint density at radius 2 is 2.00 bits per heavy atom. The number of pyridine rings is 1. The number of rotatable bonds is 5. The van der Waals surface area contributed by atoms with E-state index in [1.165, 1.54) is 36.5 Å². The van der Waals surface area contributed by atoms with Crippen LogP contribution in [0.3, 0.4) is 0 Å². The molecule has 2 rings (SSSR count). The fourth-order valence-corrected chi connectivity index (χ4v) is 1.45. The summed E-state index contributed by atoms with van der Waals surface area (Å²) in [4.78, 5) is 13.8. The van der Waals surface area contributed by atoms with Gasteiger partial charge in [-0.05, 0) is 35.9 Å². The van der Waals surface area contributed by atoms with Crippen LogP contribution in [-0.2, 0) is 6.61 Å². The SMILES string of the molecule is O=[N+]([O-])/C=C/c1ccc(COc2ccc(F)cc2)nc1. The van der Waals surface area contributed by atoms with Gasteiger partial charge in [-0.15, -0.1) is 0 Å². The van der Waals surface area contributed by atoms with Crippen LogP contribution in [0.15, 0.2) is 48.8 Å². The van der Waals surface area contributed by atoms with Gasteiger partial charge in [0.25, 0.3) is 0 Å². The average Bonchev–Trinajstić information content (AvgIpc) is 2.45. The number of nitrogens with zero attached hydrogens (tertiary/aromatic N) is 2. The second kappa shape index (κ2) is 6.42. The maximum absolute atomic E-state index is 12.7. The van der Waals surface area contributed by atoms with Crippen molar-refractivity contribution in [2.75, 3.05) is 0 Å². The molecule has 5 nitrogen and oxygen atoms in total. The van der Waals surface area contributed by atoms with Crippen LogP contribution >= 0.6 is 0 Å². The van der Waals surface area contributed by atoms with Crippen LogP contribution in [0, 0.1) is 15.9 Å². The highest BCUT2D eigenvalue weighted by Crippen LogP contribution is 2.13. The Morgan fingerprint density at radius 1 is 1.25 bits per heavy atom. The minimum absolute atomic E-state index is 0.241. The number of aromatic nitrogens is 1. The Hall–Kier alpha value is -2.76. The van der Waals surface area contributed by atoms with Crippen LogP contribution in [0.5, 0.6) is 5.75 Å². The third-order valence-corrected chi connectivity index (χ3v) is 2.44. The molecule has 6 heteroatoms. The molecule has 0 saturated carbocycles. The van der Waals surface area contributed by atoms with Gasteiger partial charge in [-0.2, -0.15) is 0 Å².